The van der Waals surface area contributed by atoms with Crippen LogP contribution in [0.15, 0.2) is 28.7 Å². The van der Waals surface area contributed by atoms with E-state index in [1.54, 1.807) is 0 Å². The van der Waals surface area contributed by atoms with Gasteiger partial charge in [-0.15, -0.1) is 0 Å². The molecule has 1 unspecified atom stereocenters. The third-order valence-corrected chi connectivity index (χ3v) is 3.29. The standard InChI is InChI=1S/C12H16BrNO2/c1-12(2,10(14)11(15)16-3)8-5-4-6-9(13)7-8/h4-7,10H,14H2,1-3H3. The number of nitrogens with two attached hydrogens (primary N) is 1. The average Bonchev–Trinajstić information content (AvgIpc) is 2.27. The van der Waals surface area contributed by atoms with Crippen molar-refractivity contribution in [3.63, 3.8) is 0 Å². The van der Waals surface area contributed by atoms with Crippen LogP contribution in [0.25, 0.3) is 0 Å². The van der Waals surface area contributed by atoms with Crippen LogP contribution in [0.1, 0.15) is 19.4 Å². The van der Waals surface area contributed by atoms with Crippen LogP contribution in [0, 0.1) is 0 Å². The van der Waals surface area contributed by atoms with Crippen molar-refractivity contribution >= 4 is 21.9 Å². The fourth-order valence-corrected chi connectivity index (χ4v) is 1.89. The molecule has 0 radical (unpaired) electrons. The van der Waals surface area contributed by atoms with Gasteiger partial charge in [-0.3, -0.25) is 4.79 Å². The molecule has 3 nitrogen and oxygen atoms in total. The summed E-state index contributed by atoms with van der Waals surface area (Å²) in [4.78, 5) is 11.5. The number of hydrogen-bond acceptors (Lipinski definition) is 3. The molecule has 2 N–H and O–H groups in total. The van der Waals surface area contributed by atoms with Crippen LogP contribution in [0.5, 0.6) is 0 Å². The van der Waals surface area contributed by atoms with E-state index in [1.807, 2.05) is 38.1 Å². The summed E-state index contributed by atoms with van der Waals surface area (Å²) in [6, 6.07) is 7.09. The molecule has 88 valence electrons. The first-order valence-electron chi connectivity index (χ1n) is 4.99. The van der Waals surface area contributed by atoms with Gasteiger partial charge in [-0.05, 0) is 17.7 Å². The van der Waals surface area contributed by atoms with Gasteiger partial charge in [0.2, 0.25) is 0 Å². The molecule has 16 heavy (non-hydrogen) atoms. The number of ether oxygens (including phenoxy) is 1. The van der Waals surface area contributed by atoms with Crippen molar-refractivity contribution in [2.75, 3.05) is 7.11 Å². The Balaban J connectivity index is 3.05. The van der Waals surface area contributed by atoms with Gasteiger partial charge in [-0.25, -0.2) is 0 Å². The molecule has 1 aromatic rings. The second-order valence-corrected chi connectivity index (χ2v) is 5.15. The summed E-state index contributed by atoms with van der Waals surface area (Å²) in [5.74, 6) is -0.398. The molecule has 0 heterocycles. The van der Waals surface area contributed by atoms with E-state index in [4.69, 9.17) is 5.73 Å². The number of methoxy groups -OCH3 is 1. The molecule has 0 aromatic heterocycles. The molecule has 0 spiro atoms. The van der Waals surface area contributed by atoms with Gasteiger partial charge >= 0.3 is 5.97 Å². The number of rotatable bonds is 3. The van der Waals surface area contributed by atoms with E-state index in [1.165, 1.54) is 7.11 Å². The van der Waals surface area contributed by atoms with E-state index in [0.717, 1.165) is 10.0 Å². The highest BCUT2D eigenvalue weighted by Gasteiger charge is 2.34. The third kappa shape index (κ3) is 2.62. The quantitative estimate of drug-likeness (QED) is 0.867. The zero-order valence-electron chi connectivity index (χ0n) is 9.66. The maximum Gasteiger partial charge on any atom is 0.323 e. The predicted octanol–water partition coefficient (Wildman–Crippen LogP) is 2.23. The van der Waals surface area contributed by atoms with E-state index < -0.39 is 17.4 Å². The second-order valence-electron chi connectivity index (χ2n) is 4.23. The molecule has 1 rings (SSSR count). The molecule has 0 fully saturated rings. The van der Waals surface area contributed by atoms with Crippen molar-refractivity contribution in [1.82, 2.24) is 0 Å². The minimum absolute atomic E-state index is 0.398. The lowest BCUT2D eigenvalue weighted by Crippen LogP contribution is -2.47. The predicted molar refractivity (Wildman–Crippen MR) is 67.2 cm³/mol. The van der Waals surface area contributed by atoms with Gasteiger partial charge < -0.3 is 10.5 Å². The Hall–Kier alpha value is -0.870. The van der Waals surface area contributed by atoms with Crippen molar-refractivity contribution in [1.29, 1.82) is 0 Å². The smallest absolute Gasteiger partial charge is 0.323 e. The minimum Gasteiger partial charge on any atom is -0.468 e. The van der Waals surface area contributed by atoms with Gasteiger partial charge in [-0.1, -0.05) is 41.9 Å². The Bertz CT molecular complexity index is 390. The molecule has 0 saturated heterocycles. The highest BCUT2D eigenvalue weighted by molar-refractivity contribution is 9.10. The van der Waals surface area contributed by atoms with E-state index in [0.29, 0.717) is 0 Å². The van der Waals surface area contributed by atoms with E-state index >= 15 is 0 Å². The van der Waals surface area contributed by atoms with Crippen LogP contribution in [-0.2, 0) is 14.9 Å². The first-order chi connectivity index (χ1) is 7.39. The average molecular weight is 286 g/mol. The highest BCUT2D eigenvalue weighted by Crippen LogP contribution is 2.28. The number of halogens is 1. The van der Waals surface area contributed by atoms with Crippen LogP contribution >= 0.6 is 15.9 Å². The monoisotopic (exact) mass is 285 g/mol. The normalized spacial score (nSPS) is 13.3. The van der Waals surface area contributed by atoms with Crippen molar-refractivity contribution in [2.24, 2.45) is 5.73 Å². The number of esters is 1. The highest BCUT2D eigenvalue weighted by atomic mass is 79.9. The molecule has 1 atom stereocenters. The summed E-state index contributed by atoms with van der Waals surface area (Å²) in [5, 5.41) is 0. The lowest BCUT2D eigenvalue weighted by atomic mass is 9.78. The molecule has 4 heteroatoms. The van der Waals surface area contributed by atoms with Gasteiger partial charge in [-0.2, -0.15) is 0 Å². The molecule has 0 aliphatic heterocycles. The Labute approximate surface area is 104 Å². The van der Waals surface area contributed by atoms with E-state index in [2.05, 4.69) is 20.7 Å². The van der Waals surface area contributed by atoms with Crippen LogP contribution < -0.4 is 5.73 Å². The molecule has 0 saturated carbocycles. The lowest BCUT2D eigenvalue weighted by Gasteiger charge is -2.30. The summed E-state index contributed by atoms with van der Waals surface area (Å²) < 4.78 is 5.64. The van der Waals surface area contributed by atoms with Crippen LogP contribution in [0.4, 0.5) is 0 Å². The maximum atomic E-state index is 11.5. The van der Waals surface area contributed by atoms with Gasteiger partial charge in [0.05, 0.1) is 7.11 Å². The number of benzene rings is 1. The van der Waals surface area contributed by atoms with Crippen molar-refractivity contribution in [3.05, 3.63) is 34.3 Å². The summed E-state index contributed by atoms with van der Waals surface area (Å²) in [7, 11) is 1.35. The summed E-state index contributed by atoms with van der Waals surface area (Å²) in [5.41, 5.74) is 6.44. The summed E-state index contributed by atoms with van der Waals surface area (Å²) in [6.45, 7) is 3.85. The molecular formula is C12H16BrNO2. The summed E-state index contributed by atoms with van der Waals surface area (Å²) >= 11 is 3.40. The van der Waals surface area contributed by atoms with Gasteiger partial charge in [0.15, 0.2) is 0 Å². The molecule has 1 aromatic carbocycles. The largest absolute Gasteiger partial charge is 0.468 e. The molecular weight excluding hydrogens is 270 g/mol. The topological polar surface area (TPSA) is 52.3 Å². The SMILES string of the molecule is COC(=O)C(N)C(C)(C)c1cccc(Br)c1. The van der Waals surface area contributed by atoms with Crippen molar-refractivity contribution < 1.29 is 9.53 Å². The van der Waals surface area contributed by atoms with Crippen molar-refractivity contribution in [2.45, 2.75) is 25.3 Å². The number of hydrogen-bond donors (Lipinski definition) is 1. The molecule has 0 aliphatic rings. The fraction of sp³-hybridized carbons (Fsp3) is 0.417. The third-order valence-electron chi connectivity index (χ3n) is 2.80. The van der Waals surface area contributed by atoms with Gasteiger partial charge in [0.1, 0.15) is 6.04 Å². The number of carbonyl (C=O) groups excluding carboxylic acids is 1. The van der Waals surface area contributed by atoms with Gasteiger partial charge in [0, 0.05) is 9.89 Å². The first-order valence-corrected chi connectivity index (χ1v) is 5.78. The summed E-state index contributed by atoms with van der Waals surface area (Å²) in [6.07, 6.45) is 0. The Morgan fingerprint density at radius 2 is 2.12 bits per heavy atom. The van der Waals surface area contributed by atoms with Crippen LogP contribution in [0.2, 0.25) is 0 Å². The van der Waals surface area contributed by atoms with Crippen molar-refractivity contribution in [3.8, 4) is 0 Å². The molecule has 0 aliphatic carbocycles. The van der Waals surface area contributed by atoms with E-state index in [-0.39, 0.29) is 0 Å². The van der Waals surface area contributed by atoms with Crippen LogP contribution in [0.3, 0.4) is 0 Å². The minimum atomic E-state index is -0.674. The zero-order valence-corrected chi connectivity index (χ0v) is 11.2. The fourth-order valence-electron chi connectivity index (χ4n) is 1.49. The van der Waals surface area contributed by atoms with Gasteiger partial charge in [0.25, 0.3) is 0 Å². The second kappa shape index (κ2) is 4.97. The molecule has 0 amide bonds. The Morgan fingerprint density at radius 1 is 1.50 bits per heavy atom. The van der Waals surface area contributed by atoms with E-state index in [9.17, 15) is 4.79 Å². The Kier molecular flexibility index (Phi) is 4.10. The zero-order chi connectivity index (χ0) is 12.3. The van der Waals surface area contributed by atoms with Crippen LogP contribution in [-0.4, -0.2) is 19.1 Å². The maximum absolute atomic E-state index is 11.5. The number of carbonyl (C=O) groups is 1. The lowest BCUT2D eigenvalue weighted by molar-refractivity contribution is -0.143. The molecule has 0 bridgehead atoms. The first kappa shape index (κ1) is 13.2. The Morgan fingerprint density at radius 3 is 2.62 bits per heavy atom.